The van der Waals surface area contributed by atoms with Crippen molar-refractivity contribution in [2.45, 2.75) is 12.6 Å². The summed E-state index contributed by atoms with van der Waals surface area (Å²) in [7, 11) is 0. The number of hydrogen-bond donors (Lipinski definition) is 1. The first-order chi connectivity index (χ1) is 4.92. The topological polar surface area (TPSA) is 43.1 Å². The third-order valence-corrected chi connectivity index (χ3v) is 1.76. The SMILES string of the molecule is NC(=O)CSCCC(F)(F)F. The molecule has 0 aromatic carbocycles. The molecule has 0 aliphatic carbocycles. The molecule has 6 heteroatoms. The van der Waals surface area contributed by atoms with Gasteiger partial charge in [-0.05, 0) is 0 Å². The summed E-state index contributed by atoms with van der Waals surface area (Å²) in [6.07, 6.45) is -5.00. The normalized spacial score (nSPS) is 11.5. The number of amides is 1. The second kappa shape index (κ2) is 4.48. The van der Waals surface area contributed by atoms with Crippen LogP contribution in [0, 0.1) is 0 Å². The van der Waals surface area contributed by atoms with Crippen molar-refractivity contribution in [3.05, 3.63) is 0 Å². The summed E-state index contributed by atoms with van der Waals surface area (Å²) in [5.41, 5.74) is 4.70. The van der Waals surface area contributed by atoms with Crippen molar-refractivity contribution in [1.82, 2.24) is 0 Å². The van der Waals surface area contributed by atoms with Gasteiger partial charge >= 0.3 is 6.18 Å². The van der Waals surface area contributed by atoms with Gasteiger partial charge in [-0.15, -0.1) is 0 Å². The number of halogens is 3. The Hall–Kier alpha value is -0.390. The quantitative estimate of drug-likeness (QED) is 0.671. The molecule has 2 N–H and O–H groups in total. The van der Waals surface area contributed by atoms with E-state index in [2.05, 4.69) is 0 Å². The summed E-state index contributed by atoms with van der Waals surface area (Å²) in [5, 5.41) is 0. The maximum atomic E-state index is 11.5. The molecule has 0 saturated carbocycles. The number of primary amides is 1. The lowest BCUT2D eigenvalue weighted by Gasteiger charge is -2.03. The summed E-state index contributed by atoms with van der Waals surface area (Å²) in [6, 6.07) is 0. The second-order valence-electron chi connectivity index (χ2n) is 1.88. The van der Waals surface area contributed by atoms with Gasteiger partial charge in [-0.25, -0.2) is 0 Å². The molecule has 0 aromatic rings. The van der Waals surface area contributed by atoms with Crippen molar-refractivity contribution in [2.24, 2.45) is 5.73 Å². The number of alkyl halides is 3. The number of hydrogen-bond acceptors (Lipinski definition) is 2. The van der Waals surface area contributed by atoms with Gasteiger partial charge in [-0.2, -0.15) is 24.9 Å². The van der Waals surface area contributed by atoms with E-state index in [0.29, 0.717) is 0 Å². The maximum absolute atomic E-state index is 11.5. The van der Waals surface area contributed by atoms with E-state index in [1.165, 1.54) is 0 Å². The number of nitrogens with two attached hydrogens (primary N) is 1. The van der Waals surface area contributed by atoms with E-state index in [9.17, 15) is 18.0 Å². The van der Waals surface area contributed by atoms with Gasteiger partial charge in [-0.3, -0.25) is 4.79 Å². The van der Waals surface area contributed by atoms with Crippen molar-refractivity contribution < 1.29 is 18.0 Å². The fourth-order valence-corrected chi connectivity index (χ4v) is 1.08. The van der Waals surface area contributed by atoms with Crippen LogP contribution in [0.5, 0.6) is 0 Å². The van der Waals surface area contributed by atoms with Crippen molar-refractivity contribution in [3.8, 4) is 0 Å². The third kappa shape index (κ3) is 9.61. The molecule has 0 unspecified atom stereocenters. The second-order valence-corrected chi connectivity index (χ2v) is 2.99. The molecular formula is C5H8F3NOS. The summed E-state index contributed by atoms with van der Waals surface area (Å²) >= 11 is 0.894. The predicted molar refractivity (Wildman–Crippen MR) is 37.2 cm³/mol. The van der Waals surface area contributed by atoms with E-state index >= 15 is 0 Å². The van der Waals surface area contributed by atoms with E-state index < -0.39 is 18.5 Å². The molecule has 0 radical (unpaired) electrons. The monoisotopic (exact) mass is 187 g/mol. The summed E-state index contributed by atoms with van der Waals surface area (Å²) in [6.45, 7) is 0. The molecule has 0 fully saturated rings. The van der Waals surface area contributed by atoms with E-state index in [-0.39, 0.29) is 11.5 Å². The van der Waals surface area contributed by atoms with E-state index in [1.54, 1.807) is 0 Å². The number of thioether (sulfide) groups is 1. The highest BCUT2D eigenvalue weighted by Crippen LogP contribution is 2.21. The lowest BCUT2D eigenvalue weighted by atomic mass is 10.5. The largest absolute Gasteiger partial charge is 0.389 e. The van der Waals surface area contributed by atoms with E-state index in [1.807, 2.05) is 0 Å². The molecule has 0 rings (SSSR count). The van der Waals surface area contributed by atoms with Crippen LogP contribution in [0.4, 0.5) is 13.2 Å². The van der Waals surface area contributed by atoms with Crippen LogP contribution in [0.3, 0.4) is 0 Å². The first kappa shape index (κ1) is 10.6. The Bertz CT molecular complexity index is 136. The molecule has 0 saturated heterocycles. The predicted octanol–water partition coefficient (Wildman–Crippen LogP) is 1.16. The van der Waals surface area contributed by atoms with Gasteiger partial charge < -0.3 is 5.73 Å². The molecule has 0 aromatic heterocycles. The van der Waals surface area contributed by atoms with Crippen molar-refractivity contribution >= 4 is 17.7 Å². The molecule has 0 aliphatic rings. The van der Waals surface area contributed by atoms with E-state index in [0.717, 1.165) is 11.8 Å². The Morgan fingerprint density at radius 3 is 2.36 bits per heavy atom. The van der Waals surface area contributed by atoms with Crippen LogP contribution in [0.25, 0.3) is 0 Å². The molecule has 0 heterocycles. The molecule has 66 valence electrons. The summed E-state index contributed by atoms with van der Waals surface area (Å²) in [4.78, 5) is 10.0. The minimum atomic E-state index is -4.13. The standard InChI is InChI=1S/C5H8F3NOS/c6-5(7,8)1-2-11-3-4(9)10/h1-3H2,(H2,9,10). The molecule has 1 amide bonds. The maximum Gasteiger partial charge on any atom is 0.389 e. The van der Waals surface area contributed by atoms with Gasteiger partial charge in [0.1, 0.15) is 0 Å². The van der Waals surface area contributed by atoms with Gasteiger partial charge in [0, 0.05) is 5.75 Å². The van der Waals surface area contributed by atoms with Gasteiger partial charge in [0.25, 0.3) is 0 Å². The first-order valence-corrected chi connectivity index (χ1v) is 4.00. The Balaban J connectivity index is 3.22. The van der Waals surface area contributed by atoms with Gasteiger partial charge in [0.05, 0.1) is 12.2 Å². The highest BCUT2D eigenvalue weighted by molar-refractivity contribution is 7.99. The minimum Gasteiger partial charge on any atom is -0.369 e. The zero-order valence-corrected chi connectivity index (χ0v) is 6.47. The van der Waals surface area contributed by atoms with Crippen LogP contribution in [-0.2, 0) is 4.79 Å². The molecule has 0 atom stereocenters. The van der Waals surface area contributed by atoms with Crippen LogP contribution < -0.4 is 5.73 Å². The Labute approximate surface area is 66.3 Å². The zero-order chi connectivity index (χ0) is 8.91. The highest BCUT2D eigenvalue weighted by atomic mass is 32.2. The Morgan fingerprint density at radius 1 is 1.45 bits per heavy atom. The van der Waals surface area contributed by atoms with Crippen LogP contribution in [0.15, 0.2) is 0 Å². The highest BCUT2D eigenvalue weighted by Gasteiger charge is 2.26. The minimum absolute atomic E-state index is 0.0456. The van der Waals surface area contributed by atoms with Crippen LogP contribution in [0.2, 0.25) is 0 Å². The van der Waals surface area contributed by atoms with Crippen molar-refractivity contribution in [2.75, 3.05) is 11.5 Å². The molecule has 0 spiro atoms. The van der Waals surface area contributed by atoms with E-state index in [4.69, 9.17) is 5.73 Å². The van der Waals surface area contributed by atoms with Crippen molar-refractivity contribution in [1.29, 1.82) is 0 Å². The van der Waals surface area contributed by atoms with Gasteiger partial charge in [-0.1, -0.05) is 0 Å². The zero-order valence-electron chi connectivity index (χ0n) is 5.65. The smallest absolute Gasteiger partial charge is 0.369 e. The van der Waals surface area contributed by atoms with Crippen LogP contribution in [-0.4, -0.2) is 23.6 Å². The number of rotatable bonds is 4. The molecule has 0 aliphatic heterocycles. The third-order valence-electron chi connectivity index (χ3n) is 0.774. The summed E-state index contributed by atoms with van der Waals surface area (Å²) in [5.74, 6) is -0.736. The lowest BCUT2D eigenvalue weighted by Crippen LogP contribution is -2.15. The molecule has 11 heavy (non-hydrogen) atoms. The van der Waals surface area contributed by atoms with Crippen LogP contribution >= 0.6 is 11.8 Å². The Kier molecular flexibility index (Phi) is 4.32. The lowest BCUT2D eigenvalue weighted by molar-refractivity contribution is -0.129. The number of carbonyl (C=O) groups excluding carboxylic acids is 1. The van der Waals surface area contributed by atoms with Gasteiger partial charge in [0.2, 0.25) is 5.91 Å². The molecule has 2 nitrogen and oxygen atoms in total. The Morgan fingerprint density at radius 2 is 2.00 bits per heavy atom. The number of carbonyl (C=O) groups is 1. The molecule has 0 bridgehead atoms. The molecular weight excluding hydrogens is 179 g/mol. The first-order valence-electron chi connectivity index (χ1n) is 2.84. The fourth-order valence-electron chi connectivity index (χ4n) is 0.361. The van der Waals surface area contributed by atoms with Crippen LogP contribution in [0.1, 0.15) is 6.42 Å². The van der Waals surface area contributed by atoms with Gasteiger partial charge in [0.15, 0.2) is 0 Å². The average Bonchev–Trinajstić information content (AvgIpc) is 1.78. The average molecular weight is 187 g/mol. The fraction of sp³-hybridized carbons (Fsp3) is 0.800. The summed E-state index contributed by atoms with van der Waals surface area (Å²) < 4.78 is 34.4. The van der Waals surface area contributed by atoms with Crippen molar-refractivity contribution in [3.63, 3.8) is 0 Å².